The zero-order valence-corrected chi connectivity index (χ0v) is 21.3. The van der Waals surface area contributed by atoms with Gasteiger partial charge in [-0.2, -0.15) is 17.5 Å². The SMILES string of the molecule is CS(=O)(=O)N1CC=C(c2cc3c(cn2)OC2(C3)CC3(CCN(c4ncc(C(F)(F)F)cn4)CC3)C2)CC1. The predicted octanol–water partition coefficient (Wildman–Crippen LogP) is 3.69. The summed E-state index contributed by atoms with van der Waals surface area (Å²) in [5.74, 6) is 1.17. The number of hydrogen-bond acceptors (Lipinski definition) is 7. The van der Waals surface area contributed by atoms with Crippen LogP contribution in [0.3, 0.4) is 0 Å². The third kappa shape index (κ3) is 4.58. The highest BCUT2D eigenvalue weighted by Gasteiger charge is 2.59. The van der Waals surface area contributed by atoms with Crippen LogP contribution in [0.4, 0.5) is 19.1 Å². The average molecular weight is 536 g/mol. The van der Waals surface area contributed by atoms with Crippen LogP contribution in [0.5, 0.6) is 5.75 Å². The first kappa shape index (κ1) is 24.6. The van der Waals surface area contributed by atoms with Gasteiger partial charge in [0, 0.05) is 50.6 Å². The van der Waals surface area contributed by atoms with Crippen molar-refractivity contribution < 1.29 is 26.3 Å². The zero-order chi connectivity index (χ0) is 26.1. The van der Waals surface area contributed by atoms with Crippen molar-refractivity contribution in [3.05, 3.63) is 47.6 Å². The maximum Gasteiger partial charge on any atom is 0.419 e. The fourth-order valence-electron chi connectivity index (χ4n) is 6.37. The van der Waals surface area contributed by atoms with E-state index in [1.54, 1.807) is 6.20 Å². The molecule has 8 nitrogen and oxygen atoms in total. The van der Waals surface area contributed by atoms with Gasteiger partial charge in [0.2, 0.25) is 16.0 Å². The number of fused-ring (bicyclic) bond motifs is 1. The number of pyridine rings is 1. The number of halogens is 3. The Labute approximate surface area is 213 Å². The minimum atomic E-state index is -4.44. The van der Waals surface area contributed by atoms with Gasteiger partial charge in [0.25, 0.3) is 0 Å². The van der Waals surface area contributed by atoms with Crippen molar-refractivity contribution in [1.29, 1.82) is 0 Å². The summed E-state index contributed by atoms with van der Waals surface area (Å²) in [5, 5.41) is 0. The van der Waals surface area contributed by atoms with Gasteiger partial charge in [0.1, 0.15) is 11.4 Å². The number of aromatic nitrogens is 3. The number of piperidine rings is 1. The van der Waals surface area contributed by atoms with E-state index in [9.17, 15) is 21.6 Å². The van der Waals surface area contributed by atoms with E-state index in [0.717, 1.165) is 67.1 Å². The first-order valence-electron chi connectivity index (χ1n) is 12.4. The normalized spacial score (nSPS) is 22.9. The number of alkyl halides is 3. The van der Waals surface area contributed by atoms with Crippen LogP contribution in [0.2, 0.25) is 0 Å². The summed E-state index contributed by atoms with van der Waals surface area (Å²) < 4.78 is 69.8. The Morgan fingerprint density at radius 2 is 1.73 bits per heavy atom. The van der Waals surface area contributed by atoms with Gasteiger partial charge in [0.05, 0.1) is 23.7 Å². The first-order valence-corrected chi connectivity index (χ1v) is 14.3. The van der Waals surface area contributed by atoms with E-state index in [1.165, 1.54) is 10.6 Å². The number of nitrogens with zero attached hydrogens (tertiary/aromatic N) is 5. The Morgan fingerprint density at radius 3 is 2.32 bits per heavy atom. The van der Waals surface area contributed by atoms with Crippen molar-refractivity contribution in [3.63, 3.8) is 0 Å². The van der Waals surface area contributed by atoms with Crippen molar-refractivity contribution in [3.8, 4) is 5.75 Å². The summed E-state index contributed by atoms with van der Waals surface area (Å²) in [5.41, 5.74) is 2.20. The Kier molecular flexibility index (Phi) is 5.58. The fourth-order valence-corrected chi connectivity index (χ4v) is 7.14. The van der Waals surface area contributed by atoms with Crippen LogP contribution >= 0.6 is 0 Å². The van der Waals surface area contributed by atoms with Crippen LogP contribution in [-0.4, -0.2) is 65.7 Å². The molecule has 37 heavy (non-hydrogen) atoms. The molecule has 2 aromatic heterocycles. The number of hydrogen-bond donors (Lipinski definition) is 0. The molecule has 198 valence electrons. The van der Waals surface area contributed by atoms with E-state index in [2.05, 4.69) is 21.0 Å². The molecule has 1 aliphatic carbocycles. The summed E-state index contributed by atoms with van der Waals surface area (Å²) in [6.07, 6.45) is 7.41. The lowest BCUT2D eigenvalue weighted by Crippen LogP contribution is -2.58. The highest BCUT2D eigenvalue weighted by Crippen LogP contribution is 2.60. The number of anilines is 1. The minimum absolute atomic E-state index is 0.168. The van der Waals surface area contributed by atoms with E-state index in [4.69, 9.17) is 4.74 Å². The van der Waals surface area contributed by atoms with E-state index in [0.29, 0.717) is 38.5 Å². The number of rotatable bonds is 3. The van der Waals surface area contributed by atoms with E-state index in [1.807, 2.05) is 11.0 Å². The van der Waals surface area contributed by atoms with E-state index in [-0.39, 0.29) is 11.0 Å². The molecule has 1 saturated carbocycles. The Hall–Kier alpha value is -2.73. The summed E-state index contributed by atoms with van der Waals surface area (Å²) in [6, 6.07) is 2.08. The van der Waals surface area contributed by atoms with Crippen LogP contribution in [0.15, 0.2) is 30.7 Å². The van der Waals surface area contributed by atoms with Crippen molar-refractivity contribution in [2.24, 2.45) is 5.41 Å². The van der Waals surface area contributed by atoms with Gasteiger partial charge in [-0.15, -0.1) is 0 Å². The molecule has 0 aromatic carbocycles. The molecule has 3 aliphatic heterocycles. The van der Waals surface area contributed by atoms with Crippen LogP contribution in [0, 0.1) is 5.41 Å². The molecular formula is C25H28F3N5O3S. The molecule has 2 aromatic rings. The van der Waals surface area contributed by atoms with Crippen LogP contribution in [0.1, 0.15) is 48.9 Å². The second-order valence-electron chi connectivity index (χ2n) is 10.8. The van der Waals surface area contributed by atoms with E-state index >= 15 is 0 Å². The maximum absolute atomic E-state index is 12.8. The molecule has 1 saturated heterocycles. The fraction of sp³-hybridized carbons (Fsp3) is 0.560. The topological polar surface area (TPSA) is 88.5 Å². The average Bonchev–Trinajstić information content (AvgIpc) is 3.21. The molecule has 0 unspecified atom stereocenters. The van der Waals surface area contributed by atoms with Crippen LogP contribution < -0.4 is 9.64 Å². The molecule has 5 heterocycles. The molecule has 0 amide bonds. The lowest BCUT2D eigenvalue weighted by Gasteiger charge is -2.57. The van der Waals surface area contributed by atoms with Gasteiger partial charge < -0.3 is 9.64 Å². The van der Waals surface area contributed by atoms with E-state index < -0.39 is 21.8 Å². The van der Waals surface area contributed by atoms with Gasteiger partial charge in [-0.3, -0.25) is 4.98 Å². The Morgan fingerprint density at radius 1 is 1.03 bits per heavy atom. The second kappa shape index (κ2) is 8.39. The second-order valence-corrected chi connectivity index (χ2v) is 12.8. The summed E-state index contributed by atoms with van der Waals surface area (Å²) in [6.45, 7) is 2.24. The third-order valence-electron chi connectivity index (χ3n) is 8.22. The minimum Gasteiger partial charge on any atom is -0.485 e. The smallest absolute Gasteiger partial charge is 0.419 e. The lowest BCUT2D eigenvalue weighted by atomic mass is 9.54. The standard InChI is InChI=1S/C25H28F3N5O3S/c1-37(34,35)33-6-2-17(3-7-33)20-10-18-11-24(36-21(18)14-29-20)15-23(16-24)4-8-32(9-5-23)22-30-12-19(13-31-22)25(26,27)28/h2,10,12-14H,3-9,11,15-16H2,1H3. The molecular weight excluding hydrogens is 507 g/mol. The van der Waals surface area contributed by atoms with Crippen molar-refractivity contribution in [1.82, 2.24) is 19.3 Å². The van der Waals surface area contributed by atoms with Gasteiger partial charge in [0.15, 0.2) is 0 Å². The Balaban J connectivity index is 1.07. The molecule has 0 bridgehead atoms. The molecule has 0 radical (unpaired) electrons. The first-order chi connectivity index (χ1) is 17.4. The monoisotopic (exact) mass is 535 g/mol. The summed E-state index contributed by atoms with van der Waals surface area (Å²) in [7, 11) is -3.19. The Bertz CT molecular complexity index is 1340. The van der Waals surface area contributed by atoms with Crippen molar-refractivity contribution >= 4 is 21.5 Å². The quantitative estimate of drug-likeness (QED) is 0.592. The molecule has 2 fully saturated rings. The molecule has 6 rings (SSSR count). The summed E-state index contributed by atoms with van der Waals surface area (Å²) >= 11 is 0. The van der Waals surface area contributed by atoms with Gasteiger partial charge in [-0.1, -0.05) is 6.08 Å². The number of sulfonamides is 1. The van der Waals surface area contributed by atoms with Crippen LogP contribution in [-0.2, 0) is 22.6 Å². The van der Waals surface area contributed by atoms with Gasteiger partial charge in [-0.05, 0) is 49.2 Å². The van der Waals surface area contributed by atoms with Gasteiger partial charge >= 0.3 is 6.18 Å². The molecule has 12 heteroatoms. The number of ether oxygens (including phenoxy) is 1. The highest BCUT2D eigenvalue weighted by atomic mass is 32.2. The molecule has 4 aliphatic rings. The van der Waals surface area contributed by atoms with Gasteiger partial charge in [-0.25, -0.2) is 18.4 Å². The molecule has 2 spiro atoms. The summed E-state index contributed by atoms with van der Waals surface area (Å²) in [4.78, 5) is 14.5. The van der Waals surface area contributed by atoms with Crippen molar-refractivity contribution in [2.45, 2.75) is 50.3 Å². The maximum atomic E-state index is 12.8. The predicted molar refractivity (Wildman–Crippen MR) is 130 cm³/mol. The zero-order valence-electron chi connectivity index (χ0n) is 20.5. The highest BCUT2D eigenvalue weighted by molar-refractivity contribution is 7.88. The lowest BCUT2D eigenvalue weighted by molar-refractivity contribution is -0.138. The molecule has 0 N–H and O–H groups in total. The third-order valence-corrected chi connectivity index (χ3v) is 9.49. The largest absolute Gasteiger partial charge is 0.485 e. The van der Waals surface area contributed by atoms with Crippen molar-refractivity contribution in [2.75, 3.05) is 37.3 Å². The molecule has 0 atom stereocenters. The van der Waals surface area contributed by atoms with Crippen LogP contribution in [0.25, 0.3) is 5.57 Å².